The molecule has 0 bridgehead atoms. The van der Waals surface area contributed by atoms with Crippen LogP contribution in [0, 0.1) is 18.8 Å². The third kappa shape index (κ3) is 26.0. The van der Waals surface area contributed by atoms with E-state index >= 15 is 0 Å². The number of hydrogen-bond acceptors (Lipinski definition) is 16. The average molecular weight is 1260 g/mol. The maximum Gasteiger partial charge on any atom is 0.303 e. The zero-order chi connectivity index (χ0) is 67.4. The lowest BCUT2D eigenvalue weighted by Gasteiger charge is -2.33. The third-order valence-corrected chi connectivity index (χ3v) is 14.4. The molecule has 1 aliphatic rings. The zero-order valence-electron chi connectivity index (χ0n) is 51.9. The number of carboxylic acids is 2. The molecule has 1 saturated heterocycles. The monoisotopic (exact) mass is 1260 g/mol. The first kappa shape index (κ1) is 76.0. The van der Waals surface area contributed by atoms with E-state index in [0.29, 0.717) is 12.0 Å². The Morgan fingerprint density at radius 3 is 1.53 bits per heavy atom. The number of primary amides is 2. The molecule has 31 nitrogen and oxygen atoms in total. The van der Waals surface area contributed by atoms with Crippen LogP contribution in [-0.4, -0.2) is 183 Å². The Balaban J connectivity index is 2.23. The van der Waals surface area contributed by atoms with Crippen molar-refractivity contribution in [1.29, 1.82) is 0 Å². The number of amides is 13. The number of hydrogen-bond donors (Lipinski definition) is 14. The molecular formula is C58H89N13O18. The molecule has 2 rings (SSSR count). The highest BCUT2D eigenvalue weighted by molar-refractivity contribution is 6.38. The van der Waals surface area contributed by atoms with Crippen LogP contribution >= 0.6 is 0 Å². The Bertz CT molecular complexity index is 2740. The number of ketones is 1. The van der Waals surface area contributed by atoms with Gasteiger partial charge in [-0.2, -0.15) is 0 Å². The molecule has 0 aromatic heterocycles. The van der Waals surface area contributed by atoms with Gasteiger partial charge in [-0.25, -0.2) is 0 Å². The van der Waals surface area contributed by atoms with E-state index in [1.807, 2.05) is 6.92 Å². The molecule has 1 aromatic carbocycles. The number of rotatable bonds is 39. The fourth-order valence-electron chi connectivity index (χ4n) is 9.36. The van der Waals surface area contributed by atoms with Crippen LogP contribution in [0.15, 0.2) is 24.3 Å². The summed E-state index contributed by atoms with van der Waals surface area (Å²) in [5.41, 5.74) is 12.4. The quantitative estimate of drug-likeness (QED) is 0.0292. The van der Waals surface area contributed by atoms with E-state index in [4.69, 9.17) is 16.6 Å². The van der Waals surface area contributed by atoms with Crippen LogP contribution in [0.25, 0.3) is 0 Å². The molecule has 1 fully saturated rings. The minimum atomic E-state index is -1.59. The Morgan fingerprint density at radius 2 is 1.02 bits per heavy atom. The lowest BCUT2D eigenvalue weighted by Crippen LogP contribution is -2.61. The second-order valence-electron chi connectivity index (χ2n) is 22.4. The maximum atomic E-state index is 14.4. The normalized spacial score (nSPS) is 15.8. The number of nitrogens with one attached hydrogen (secondary N) is 10. The second kappa shape index (κ2) is 37.6. The van der Waals surface area contributed by atoms with Gasteiger partial charge >= 0.3 is 11.9 Å². The van der Waals surface area contributed by atoms with Gasteiger partial charge in [-0.3, -0.25) is 76.7 Å². The summed E-state index contributed by atoms with van der Waals surface area (Å²) in [6.07, 6.45) is -2.14. The van der Waals surface area contributed by atoms with Crippen LogP contribution in [0.2, 0.25) is 0 Å². The molecule has 16 N–H and O–H groups in total. The zero-order valence-corrected chi connectivity index (χ0v) is 51.9. The number of aliphatic carboxylic acids is 2. The fraction of sp³-hybridized carbons (Fsp3) is 0.621. The number of nitrogens with zero attached hydrogens (tertiary/aromatic N) is 1. The topological polar surface area (TPSA) is 489 Å². The minimum Gasteiger partial charge on any atom is -0.481 e. The van der Waals surface area contributed by atoms with Gasteiger partial charge < -0.3 is 79.7 Å². The maximum absolute atomic E-state index is 14.4. The van der Waals surface area contributed by atoms with Crippen LogP contribution in [0.5, 0.6) is 0 Å². The SMILES string of the molecule is CCC[C@H](NC(=O)[C@@H]1CCCN1C(=O)[C@@H](NC(=O)[C@@H](NC(=O)[C@H](CCC(=O)O)NC(=O)[C@H](CCC(=O)O)NC(C)=O)C(C)C)C(C)C)C(=O)C(=O)NCC(=O)N[C@H](CCC(N)=O)C(=O)N[C@@H](CC)C(=O)N[C@@H](Cc1ccc(C)cc1)C(=O)N[C@@H](CC)C(N)=O. The minimum absolute atomic E-state index is 0.0203. The highest BCUT2D eigenvalue weighted by atomic mass is 16.4. The number of benzene rings is 1. The predicted octanol–water partition coefficient (Wildman–Crippen LogP) is -2.99. The van der Waals surface area contributed by atoms with Crippen molar-refractivity contribution in [3.05, 3.63) is 35.4 Å². The summed E-state index contributed by atoms with van der Waals surface area (Å²) < 4.78 is 0. The van der Waals surface area contributed by atoms with Crippen molar-refractivity contribution in [1.82, 2.24) is 58.1 Å². The van der Waals surface area contributed by atoms with Gasteiger partial charge in [0.1, 0.15) is 54.4 Å². The number of carbonyl (C=O) groups is 16. The third-order valence-electron chi connectivity index (χ3n) is 14.4. The lowest BCUT2D eigenvalue weighted by molar-refractivity contribution is -0.144. The molecule has 0 spiro atoms. The first-order valence-corrected chi connectivity index (χ1v) is 29.6. The van der Waals surface area contributed by atoms with E-state index in [-0.39, 0.29) is 57.9 Å². The Kier molecular flexibility index (Phi) is 32.1. The van der Waals surface area contributed by atoms with Crippen molar-refractivity contribution in [2.45, 2.75) is 206 Å². The molecule has 13 amide bonds. The summed E-state index contributed by atoms with van der Waals surface area (Å²) in [6, 6.07) is -6.46. The van der Waals surface area contributed by atoms with Crippen LogP contribution in [-0.2, 0) is 83.1 Å². The molecule has 10 atom stereocenters. The van der Waals surface area contributed by atoms with Crippen molar-refractivity contribution in [2.24, 2.45) is 23.3 Å². The summed E-state index contributed by atoms with van der Waals surface area (Å²) in [4.78, 5) is 210. The molecule has 1 aromatic rings. The Labute approximate surface area is 516 Å². The van der Waals surface area contributed by atoms with Gasteiger partial charge in [-0.15, -0.1) is 0 Å². The lowest BCUT2D eigenvalue weighted by atomic mass is 9.98. The number of carbonyl (C=O) groups excluding carboxylic acids is 14. The van der Waals surface area contributed by atoms with Crippen molar-refractivity contribution >= 4 is 94.5 Å². The average Bonchev–Trinajstić information content (AvgIpc) is 2.17. The van der Waals surface area contributed by atoms with E-state index in [9.17, 15) is 81.8 Å². The number of nitrogens with two attached hydrogens (primary N) is 2. The summed E-state index contributed by atoms with van der Waals surface area (Å²) in [5, 5.41) is 43.0. The fourth-order valence-corrected chi connectivity index (χ4v) is 9.36. The molecule has 1 heterocycles. The van der Waals surface area contributed by atoms with Crippen molar-refractivity contribution in [2.75, 3.05) is 13.1 Å². The first-order chi connectivity index (χ1) is 41.7. The smallest absolute Gasteiger partial charge is 0.303 e. The van der Waals surface area contributed by atoms with E-state index in [1.165, 1.54) is 4.90 Å². The molecule has 494 valence electrons. The highest BCUT2D eigenvalue weighted by Gasteiger charge is 2.42. The van der Waals surface area contributed by atoms with Crippen LogP contribution < -0.4 is 64.6 Å². The summed E-state index contributed by atoms with van der Waals surface area (Å²) in [6.45, 7) is 13.2. The van der Waals surface area contributed by atoms with Crippen molar-refractivity contribution < 1.29 is 86.9 Å². The summed E-state index contributed by atoms with van der Waals surface area (Å²) in [7, 11) is 0. The Morgan fingerprint density at radius 1 is 0.551 bits per heavy atom. The van der Waals surface area contributed by atoms with Gasteiger partial charge in [0, 0.05) is 39.2 Å². The van der Waals surface area contributed by atoms with E-state index in [1.54, 1.807) is 72.7 Å². The second-order valence-corrected chi connectivity index (χ2v) is 22.4. The van der Waals surface area contributed by atoms with Gasteiger partial charge in [0.2, 0.25) is 76.7 Å². The van der Waals surface area contributed by atoms with Crippen LogP contribution in [0.1, 0.15) is 144 Å². The molecular weight excluding hydrogens is 1170 g/mol. The van der Waals surface area contributed by atoms with Gasteiger partial charge in [0.25, 0.3) is 5.91 Å². The summed E-state index contributed by atoms with van der Waals surface area (Å²) in [5.74, 6) is -16.7. The molecule has 89 heavy (non-hydrogen) atoms. The van der Waals surface area contributed by atoms with Gasteiger partial charge in [0.05, 0.1) is 12.6 Å². The molecule has 0 unspecified atom stereocenters. The molecule has 0 saturated carbocycles. The van der Waals surface area contributed by atoms with Crippen LogP contribution in [0.4, 0.5) is 0 Å². The van der Waals surface area contributed by atoms with Gasteiger partial charge in [0.15, 0.2) is 0 Å². The molecule has 31 heteroatoms. The standard InChI is InChI=1S/C58H89N13O18/c1-10-14-36(48(79)57(88)61-28-43(74)63-38(20-23-42(59)73)52(83)65-35(12-3)50(81)68-40(27-33-18-16-31(8)17-19-33)54(85)64-34(11-2)49(60)80)66-55(86)41-15-13-26-71(41)58(89)47(30(6)7)70-56(87)46(29(4)5)69-53(84)39(22-25-45(77)78)67-51(82)37(62-32(9)72)21-24-44(75)76/h16-19,29-30,34-41,46-47H,10-15,20-28H2,1-9H3,(H2,59,73)(H2,60,80)(H,61,88)(H,62,72)(H,63,74)(H,64,85)(H,65,83)(H,66,86)(H,67,82)(H,68,81)(H,69,84)(H,70,87)(H,75,76)(H,77,78)/t34-,35-,36-,37-,38+,39-,40-,41-,46-,47-/m0/s1. The van der Waals surface area contributed by atoms with Gasteiger partial charge in [-0.05, 0) is 75.7 Å². The van der Waals surface area contributed by atoms with Crippen LogP contribution in [0.3, 0.4) is 0 Å². The largest absolute Gasteiger partial charge is 0.481 e. The molecule has 1 aliphatic heterocycles. The summed E-state index contributed by atoms with van der Waals surface area (Å²) >= 11 is 0. The van der Waals surface area contributed by atoms with Crippen molar-refractivity contribution in [3.63, 3.8) is 0 Å². The molecule has 0 radical (unpaired) electrons. The first-order valence-electron chi connectivity index (χ1n) is 29.6. The van der Waals surface area contributed by atoms with E-state index in [0.717, 1.165) is 12.5 Å². The number of likely N-dealkylation sites (tertiary alicyclic amines) is 1. The highest BCUT2D eigenvalue weighted by Crippen LogP contribution is 2.22. The van der Waals surface area contributed by atoms with Gasteiger partial charge in [-0.1, -0.05) is 84.7 Å². The van der Waals surface area contributed by atoms with Crippen molar-refractivity contribution in [3.8, 4) is 0 Å². The number of Topliss-reactive ketones (excluding diaryl/α,β-unsaturated/α-hetero) is 1. The van der Waals surface area contributed by atoms with E-state index in [2.05, 4.69) is 53.2 Å². The predicted molar refractivity (Wildman–Crippen MR) is 317 cm³/mol. The van der Waals surface area contributed by atoms with E-state index < -0.39 is 199 Å². The Hall–Kier alpha value is -9.06. The number of carboxylic acid groups (broad SMARTS) is 2. The number of aryl methyl sites for hydroxylation is 1. The molecule has 0 aliphatic carbocycles.